The minimum atomic E-state index is -4.87. The van der Waals surface area contributed by atoms with Crippen molar-refractivity contribution in [2.24, 2.45) is 0 Å². The quantitative estimate of drug-likeness (QED) is 0.772. The third-order valence-corrected chi connectivity index (χ3v) is 2.07. The van der Waals surface area contributed by atoms with Gasteiger partial charge in [-0.05, 0) is 28.1 Å². The number of nitrogens with one attached hydrogen (secondary N) is 1. The van der Waals surface area contributed by atoms with Gasteiger partial charge in [0.1, 0.15) is 0 Å². The van der Waals surface area contributed by atoms with Crippen LogP contribution in [0.25, 0.3) is 0 Å². The summed E-state index contributed by atoms with van der Waals surface area (Å²) < 4.78 is 35.9. The number of para-hydroxylation sites is 1. The maximum Gasteiger partial charge on any atom is 0.471 e. The average molecular weight is 328 g/mol. The van der Waals surface area contributed by atoms with Crippen LogP contribution >= 0.6 is 15.9 Å². The number of alkyl halides is 3. The molecule has 0 aliphatic rings. The number of amides is 1. The van der Waals surface area contributed by atoms with E-state index in [1.807, 2.05) is 27.7 Å². The van der Waals surface area contributed by atoms with Crippen molar-refractivity contribution in [3.63, 3.8) is 0 Å². The third kappa shape index (κ3) is 7.32. The molecule has 18 heavy (non-hydrogen) atoms. The Kier molecular flexibility index (Phi) is 10.7. The van der Waals surface area contributed by atoms with Crippen molar-refractivity contribution < 1.29 is 18.0 Å². The summed E-state index contributed by atoms with van der Waals surface area (Å²) in [6.07, 6.45) is -4.87. The summed E-state index contributed by atoms with van der Waals surface area (Å²) in [5.41, 5.74) is 0.0924. The zero-order valence-corrected chi connectivity index (χ0v) is 12.3. The molecule has 1 amide bonds. The van der Waals surface area contributed by atoms with E-state index in [1.165, 1.54) is 18.2 Å². The highest BCUT2D eigenvalue weighted by Gasteiger charge is 2.38. The van der Waals surface area contributed by atoms with Gasteiger partial charge in [-0.25, -0.2) is 0 Å². The molecule has 1 aromatic rings. The van der Waals surface area contributed by atoms with Crippen LogP contribution in [0.2, 0.25) is 0 Å². The number of benzene rings is 1. The predicted octanol–water partition coefficient (Wildman–Crippen LogP) is 5.00. The lowest BCUT2D eigenvalue weighted by Crippen LogP contribution is -2.30. The van der Waals surface area contributed by atoms with Gasteiger partial charge in [-0.1, -0.05) is 39.8 Å². The summed E-state index contributed by atoms with van der Waals surface area (Å²) in [6.45, 7) is 8.00. The van der Waals surface area contributed by atoms with Gasteiger partial charge < -0.3 is 5.32 Å². The number of carbonyl (C=O) groups is 1. The van der Waals surface area contributed by atoms with Crippen molar-refractivity contribution in [2.45, 2.75) is 33.9 Å². The second-order valence-electron chi connectivity index (χ2n) is 2.43. The van der Waals surface area contributed by atoms with Gasteiger partial charge in [0.05, 0.1) is 5.69 Å². The van der Waals surface area contributed by atoms with Gasteiger partial charge in [0.15, 0.2) is 0 Å². The molecule has 1 N–H and O–H groups in total. The summed E-state index contributed by atoms with van der Waals surface area (Å²) in [4.78, 5) is 10.5. The summed E-state index contributed by atoms with van der Waals surface area (Å²) >= 11 is 3.01. The molecule has 0 atom stereocenters. The highest BCUT2D eigenvalue weighted by Crippen LogP contribution is 2.24. The van der Waals surface area contributed by atoms with Crippen LogP contribution in [0.15, 0.2) is 28.7 Å². The fourth-order valence-electron chi connectivity index (χ4n) is 0.756. The van der Waals surface area contributed by atoms with Gasteiger partial charge in [-0.3, -0.25) is 4.79 Å². The minimum Gasteiger partial charge on any atom is -0.317 e. The van der Waals surface area contributed by atoms with Crippen molar-refractivity contribution in [1.82, 2.24) is 0 Å². The van der Waals surface area contributed by atoms with Gasteiger partial charge in [0.25, 0.3) is 0 Å². The Bertz CT molecular complexity index is 353. The summed E-state index contributed by atoms with van der Waals surface area (Å²) in [5.74, 6) is -1.98. The lowest BCUT2D eigenvalue weighted by molar-refractivity contribution is -0.167. The molecule has 0 heterocycles. The van der Waals surface area contributed by atoms with Crippen molar-refractivity contribution >= 4 is 27.5 Å². The van der Waals surface area contributed by atoms with E-state index in [1.54, 1.807) is 11.4 Å². The van der Waals surface area contributed by atoms with E-state index in [4.69, 9.17) is 0 Å². The van der Waals surface area contributed by atoms with Gasteiger partial charge in [-0.15, -0.1) is 0 Å². The lowest BCUT2D eigenvalue weighted by atomic mass is 10.3. The van der Waals surface area contributed by atoms with E-state index in [2.05, 4.69) is 15.9 Å². The van der Waals surface area contributed by atoms with Crippen molar-refractivity contribution in [2.75, 3.05) is 5.32 Å². The van der Waals surface area contributed by atoms with E-state index in [9.17, 15) is 18.0 Å². The molecule has 0 aliphatic heterocycles. The Balaban J connectivity index is 0. The van der Waals surface area contributed by atoms with Crippen molar-refractivity contribution in [3.8, 4) is 0 Å². The first kappa shape index (κ1) is 19.3. The molecule has 0 saturated heterocycles. The molecule has 0 radical (unpaired) electrons. The van der Waals surface area contributed by atoms with E-state index in [-0.39, 0.29) is 5.69 Å². The standard InChI is InChI=1S/C8H5BrF3NO.2C2H6/c9-5-3-1-2-4-6(5)13-7(14)8(10,11)12;2*1-2/h1-4H,(H,13,14);2*1-2H3. The molecule has 0 aliphatic carbocycles. The molecule has 0 saturated carbocycles. The predicted molar refractivity (Wildman–Crippen MR) is 71.5 cm³/mol. The largest absolute Gasteiger partial charge is 0.471 e. The Morgan fingerprint density at radius 3 is 1.94 bits per heavy atom. The number of rotatable bonds is 1. The molecule has 0 unspecified atom stereocenters. The number of anilines is 1. The van der Waals surface area contributed by atoms with Crippen molar-refractivity contribution in [1.29, 1.82) is 0 Å². The lowest BCUT2D eigenvalue weighted by Gasteiger charge is -2.08. The Morgan fingerprint density at radius 2 is 1.56 bits per heavy atom. The molecular formula is C12H17BrF3NO. The van der Waals surface area contributed by atoms with E-state index in [0.29, 0.717) is 4.47 Å². The second kappa shape index (κ2) is 9.94. The molecule has 0 bridgehead atoms. The molecular weight excluding hydrogens is 311 g/mol. The second-order valence-corrected chi connectivity index (χ2v) is 3.29. The summed E-state index contributed by atoms with van der Waals surface area (Å²) in [6, 6.07) is 6.06. The van der Waals surface area contributed by atoms with Crippen LogP contribution in [0, 0.1) is 0 Å². The van der Waals surface area contributed by atoms with Crippen LogP contribution in [0.3, 0.4) is 0 Å². The Hall–Kier alpha value is -1.04. The minimum absolute atomic E-state index is 0.0924. The van der Waals surface area contributed by atoms with Crippen molar-refractivity contribution in [3.05, 3.63) is 28.7 Å². The van der Waals surface area contributed by atoms with Crippen LogP contribution in [0.4, 0.5) is 18.9 Å². The SMILES string of the molecule is CC.CC.O=C(Nc1ccccc1Br)C(F)(F)F. The Labute approximate surface area is 114 Å². The molecule has 1 aromatic carbocycles. The first-order chi connectivity index (χ1) is 8.41. The highest BCUT2D eigenvalue weighted by molar-refractivity contribution is 9.10. The van der Waals surface area contributed by atoms with E-state index >= 15 is 0 Å². The first-order valence-electron chi connectivity index (χ1n) is 5.54. The smallest absolute Gasteiger partial charge is 0.317 e. The Morgan fingerprint density at radius 1 is 1.11 bits per heavy atom. The van der Waals surface area contributed by atoms with Gasteiger partial charge in [-0.2, -0.15) is 13.2 Å². The number of hydrogen-bond acceptors (Lipinski definition) is 1. The molecule has 104 valence electrons. The van der Waals surface area contributed by atoms with Crippen LogP contribution in [0.5, 0.6) is 0 Å². The average Bonchev–Trinajstić information content (AvgIpc) is 2.36. The molecule has 0 aromatic heterocycles. The zero-order chi connectivity index (χ0) is 14.8. The number of carbonyl (C=O) groups excluding carboxylic acids is 1. The highest BCUT2D eigenvalue weighted by atomic mass is 79.9. The number of hydrogen-bond donors (Lipinski definition) is 1. The van der Waals surface area contributed by atoms with Gasteiger partial charge in [0, 0.05) is 4.47 Å². The van der Waals surface area contributed by atoms with Crippen LogP contribution in [0.1, 0.15) is 27.7 Å². The van der Waals surface area contributed by atoms with Gasteiger partial charge >= 0.3 is 12.1 Å². The molecule has 1 rings (SSSR count). The third-order valence-electron chi connectivity index (χ3n) is 1.38. The maximum absolute atomic E-state index is 11.8. The topological polar surface area (TPSA) is 29.1 Å². The molecule has 0 fully saturated rings. The van der Waals surface area contributed by atoms with E-state index < -0.39 is 12.1 Å². The number of halogens is 4. The normalized spacial score (nSPS) is 9.33. The molecule has 0 spiro atoms. The summed E-state index contributed by atoms with van der Waals surface area (Å²) in [5, 5.41) is 1.74. The monoisotopic (exact) mass is 327 g/mol. The zero-order valence-electron chi connectivity index (χ0n) is 10.7. The van der Waals surface area contributed by atoms with E-state index in [0.717, 1.165) is 0 Å². The summed E-state index contributed by atoms with van der Waals surface area (Å²) in [7, 11) is 0. The molecule has 6 heteroatoms. The molecule has 2 nitrogen and oxygen atoms in total. The van der Waals surface area contributed by atoms with Crippen LogP contribution in [-0.2, 0) is 4.79 Å². The van der Waals surface area contributed by atoms with Crippen LogP contribution in [-0.4, -0.2) is 12.1 Å². The fourth-order valence-corrected chi connectivity index (χ4v) is 1.14. The van der Waals surface area contributed by atoms with Gasteiger partial charge in [0.2, 0.25) is 0 Å². The fraction of sp³-hybridized carbons (Fsp3) is 0.417. The van der Waals surface area contributed by atoms with Crippen LogP contribution < -0.4 is 5.32 Å². The maximum atomic E-state index is 11.8. The first-order valence-corrected chi connectivity index (χ1v) is 6.33.